The van der Waals surface area contributed by atoms with Crippen LogP contribution in [0, 0.1) is 13.8 Å². The molecule has 0 aliphatic carbocycles. The van der Waals surface area contributed by atoms with Crippen LogP contribution < -0.4 is 5.73 Å². The Morgan fingerprint density at radius 1 is 1.14 bits per heavy atom. The summed E-state index contributed by atoms with van der Waals surface area (Å²) in [7, 11) is 0. The molecule has 0 bridgehead atoms. The highest BCUT2D eigenvalue weighted by atomic mass is 35.5. The molecular weight excluding hydrogens is 309 g/mol. The minimum absolute atomic E-state index is 0.0610. The Hall–Kier alpha value is -1.71. The van der Waals surface area contributed by atoms with Gasteiger partial charge in [-0.05, 0) is 49.2 Å². The summed E-state index contributed by atoms with van der Waals surface area (Å²) in [5.74, 6) is -0.435. The van der Waals surface area contributed by atoms with Gasteiger partial charge in [0.05, 0.1) is 5.56 Å². The molecule has 2 N–H and O–H groups in total. The van der Waals surface area contributed by atoms with Gasteiger partial charge in [-0.3, -0.25) is 0 Å². The highest BCUT2D eigenvalue weighted by Gasteiger charge is 2.13. The third kappa shape index (κ3) is 3.69. The lowest BCUT2D eigenvalue weighted by Crippen LogP contribution is -2.09. The van der Waals surface area contributed by atoms with Crippen molar-refractivity contribution >= 4 is 34.9 Å². The number of benzene rings is 2. The van der Waals surface area contributed by atoms with Crippen molar-refractivity contribution in [2.24, 2.45) is 0 Å². The first-order valence-electron chi connectivity index (χ1n) is 6.36. The molecule has 0 atom stereocenters. The van der Waals surface area contributed by atoms with Crippen molar-refractivity contribution in [1.82, 2.24) is 0 Å². The Kier molecular flexibility index (Phi) is 4.76. The molecule has 0 aliphatic heterocycles. The molecule has 0 aliphatic rings. The zero-order valence-corrected chi connectivity index (χ0v) is 13.3. The first-order chi connectivity index (χ1) is 9.88. The SMILES string of the molecule is Cc1cc(C)c(C(=O)OCc2cc(Cl)ccc2Cl)cc1N. The first-order valence-corrected chi connectivity index (χ1v) is 7.12. The summed E-state index contributed by atoms with van der Waals surface area (Å²) in [5, 5.41) is 1.05. The smallest absolute Gasteiger partial charge is 0.338 e. The van der Waals surface area contributed by atoms with E-state index in [4.69, 9.17) is 33.7 Å². The molecule has 2 aromatic rings. The minimum atomic E-state index is -0.435. The van der Waals surface area contributed by atoms with Crippen molar-refractivity contribution in [2.45, 2.75) is 20.5 Å². The Balaban J connectivity index is 2.15. The third-order valence-electron chi connectivity index (χ3n) is 3.20. The molecule has 0 unspecified atom stereocenters. The molecule has 21 heavy (non-hydrogen) atoms. The van der Waals surface area contributed by atoms with E-state index in [1.54, 1.807) is 24.3 Å². The fourth-order valence-corrected chi connectivity index (χ4v) is 2.33. The van der Waals surface area contributed by atoms with Crippen LogP contribution in [-0.4, -0.2) is 5.97 Å². The molecule has 3 nitrogen and oxygen atoms in total. The van der Waals surface area contributed by atoms with Crippen LogP contribution in [0.25, 0.3) is 0 Å². The monoisotopic (exact) mass is 323 g/mol. The molecule has 0 radical (unpaired) electrons. The average Bonchev–Trinajstić information content (AvgIpc) is 2.43. The van der Waals surface area contributed by atoms with E-state index in [9.17, 15) is 4.79 Å². The number of carbonyl (C=O) groups is 1. The number of anilines is 1. The van der Waals surface area contributed by atoms with Crippen molar-refractivity contribution in [3.8, 4) is 0 Å². The molecule has 0 saturated heterocycles. The number of nitrogen functional groups attached to an aromatic ring is 1. The van der Waals surface area contributed by atoms with Crippen molar-refractivity contribution in [1.29, 1.82) is 0 Å². The van der Waals surface area contributed by atoms with Gasteiger partial charge in [0.15, 0.2) is 0 Å². The molecule has 0 fully saturated rings. The largest absolute Gasteiger partial charge is 0.457 e. The fraction of sp³-hybridized carbons (Fsp3) is 0.188. The van der Waals surface area contributed by atoms with Crippen LogP contribution in [0.3, 0.4) is 0 Å². The van der Waals surface area contributed by atoms with Crippen LogP contribution in [-0.2, 0) is 11.3 Å². The zero-order valence-electron chi connectivity index (χ0n) is 11.7. The predicted molar refractivity (Wildman–Crippen MR) is 85.9 cm³/mol. The van der Waals surface area contributed by atoms with Crippen molar-refractivity contribution < 1.29 is 9.53 Å². The van der Waals surface area contributed by atoms with Crippen LogP contribution in [0.15, 0.2) is 30.3 Å². The highest BCUT2D eigenvalue weighted by Crippen LogP contribution is 2.23. The molecule has 0 saturated carbocycles. The topological polar surface area (TPSA) is 52.3 Å². The quantitative estimate of drug-likeness (QED) is 0.666. The van der Waals surface area contributed by atoms with E-state index in [1.165, 1.54) is 0 Å². The van der Waals surface area contributed by atoms with Crippen LogP contribution >= 0.6 is 23.2 Å². The second-order valence-corrected chi connectivity index (χ2v) is 5.68. The van der Waals surface area contributed by atoms with Gasteiger partial charge in [-0.2, -0.15) is 0 Å². The normalized spacial score (nSPS) is 10.5. The molecule has 0 spiro atoms. The molecule has 0 amide bonds. The Bertz CT molecular complexity index is 699. The number of hydrogen-bond acceptors (Lipinski definition) is 3. The van der Waals surface area contributed by atoms with Gasteiger partial charge in [-0.15, -0.1) is 0 Å². The van der Waals surface area contributed by atoms with E-state index in [0.717, 1.165) is 11.1 Å². The van der Waals surface area contributed by atoms with Gasteiger partial charge in [0.2, 0.25) is 0 Å². The van der Waals surface area contributed by atoms with E-state index in [0.29, 0.717) is 26.9 Å². The summed E-state index contributed by atoms with van der Waals surface area (Å²) < 4.78 is 5.29. The van der Waals surface area contributed by atoms with Gasteiger partial charge in [0.1, 0.15) is 6.61 Å². The van der Waals surface area contributed by atoms with Crippen LogP contribution in [0.1, 0.15) is 27.0 Å². The minimum Gasteiger partial charge on any atom is -0.457 e. The maximum atomic E-state index is 12.1. The summed E-state index contributed by atoms with van der Waals surface area (Å²) in [5.41, 5.74) is 9.27. The molecule has 5 heteroatoms. The van der Waals surface area contributed by atoms with Crippen molar-refractivity contribution in [3.05, 3.63) is 62.6 Å². The standard InChI is InChI=1S/C16H15Cl2NO2/c1-9-5-10(2)15(19)7-13(9)16(20)21-8-11-6-12(17)3-4-14(11)18/h3-7H,8,19H2,1-2H3. The zero-order chi connectivity index (χ0) is 15.6. The summed E-state index contributed by atoms with van der Waals surface area (Å²) in [6.45, 7) is 3.80. The van der Waals surface area contributed by atoms with E-state index in [1.807, 2.05) is 19.9 Å². The van der Waals surface area contributed by atoms with Gasteiger partial charge >= 0.3 is 5.97 Å². The Morgan fingerprint density at radius 3 is 2.57 bits per heavy atom. The maximum Gasteiger partial charge on any atom is 0.338 e. The second kappa shape index (κ2) is 6.37. The van der Waals surface area contributed by atoms with Gasteiger partial charge in [0.25, 0.3) is 0 Å². The fourth-order valence-electron chi connectivity index (χ4n) is 1.96. The summed E-state index contributed by atoms with van der Waals surface area (Å²) >= 11 is 11.9. The number of rotatable bonds is 3. The molecular formula is C16H15Cl2NO2. The molecule has 0 aromatic heterocycles. The second-order valence-electron chi connectivity index (χ2n) is 4.84. The maximum absolute atomic E-state index is 12.1. The number of halogens is 2. The van der Waals surface area contributed by atoms with E-state index in [-0.39, 0.29) is 6.61 Å². The van der Waals surface area contributed by atoms with E-state index >= 15 is 0 Å². The first kappa shape index (κ1) is 15.7. The third-order valence-corrected chi connectivity index (χ3v) is 3.80. The highest BCUT2D eigenvalue weighted by molar-refractivity contribution is 6.33. The van der Waals surface area contributed by atoms with E-state index < -0.39 is 5.97 Å². The summed E-state index contributed by atoms with van der Waals surface area (Å²) in [4.78, 5) is 12.1. The number of esters is 1. The average molecular weight is 324 g/mol. The van der Waals surface area contributed by atoms with Gasteiger partial charge < -0.3 is 10.5 Å². The predicted octanol–water partition coefficient (Wildman–Crippen LogP) is 4.55. The lowest BCUT2D eigenvalue weighted by Gasteiger charge is -2.10. The van der Waals surface area contributed by atoms with Crippen LogP contribution in [0.5, 0.6) is 0 Å². The molecule has 2 rings (SSSR count). The number of hydrogen-bond donors (Lipinski definition) is 1. The lowest BCUT2D eigenvalue weighted by atomic mass is 10.0. The number of ether oxygens (including phenoxy) is 1. The van der Waals surface area contributed by atoms with Crippen LogP contribution in [0.2, 0.25) is 10.0 Å². The molecule has 0 heterocycles. The number of carbonyl (C=O) groups excluding carboxylic acids is 1. The number of aryl methyl sites for hydroxylation is 2. The molecule has 2 aromatic carbocycles. The van der Waals surface area contributed by atoms with Gasteiger partial charge in [-0.25, -0.2) is 4.79 Å². The molecule has 110 valence electrons. The van der Waals surface area contributed by atoms with Crippen molar-refractivity contribution in [2.75, 3.05) is 5.73 Å². The van der Waals surface area contributed by atoms with Crippen LogP contribution in [0.4, 0.5) is 5.69 Å². The van der Waals surface area contributed by atoms with Gasteiger partial charge in [-0.1, -0.05) is 29.3 Å². The summed E-state index contributed by atoms with van der Waals surface area (Å²) in [6.07, 6.45) is 0. The Labute approximate surface area is 133 Å². The Morgan fingerprint density at radius 2 is 1.86 bits per heavy atom. The number of nitrogens with two attached hydrogens (primary N) is 1. The lowest BCUT2D eigenvalue weighted by molar-refractivity contribution is 0.0472. The van der Waals surface area contributed by atoms with Crippen molar-refractivity contribution in [3.63, 3.8) is 0 Å². The van der Waals surface area contributed by atoms with Gasteiger partial charge in [0, 0.05) is 21.3 Å². The van der Waals surface area contributed by atoms with E-state index in [2.05, 4.69) is 0 Å². The summed E-state index contributed by atoms with van der Waals surface area (Å²) in [6, 6.07) is 8.51.